The van der Waals surface area contributed by atoms with Gasteiger partial charge in [-0.3, -0.25) is 0 Å². The van der Waals surface area contributed by atoms with Crippen molar-refractivity contribution in [2.75, 3.05) is 0 Å². The van der Waals surface area contributed by atoms with Crippen LogP contribution in [0.2, 0.25) is 0 Å². The molecular weight excluding hydrogens is 1070 g/mol. The lowest BCUT2D eigenvalue weighted by molar-refractivity contribution is 0.487. The first-order chi connectivity index (χ1) is 41.1. The molecule has 0 radical (unpaired) electrons. The Morgan fingerprint density at radius 3 is 0.989 bits per heavy atom. The molecule has 1 atom stereocenters. The Balaban J connectivity index is 1.32. The molecule has 1 nitrogen and oxygen atoms in total. The molecular formula is C87H101BO. The lowest BCUT2D eigenvalue weighted by atomic mass is 9.31. The average Bonchev–Trinajstić information content (AvgIpc) is 0.710. The first kappa shape index (κ1) is 63.4. The Morgan fingerprint density at radius 2 is 0.607 bits per heavy atom. The van der Waals surface area contributed by atoms with Gasteiger partial charge in [-0.2, -0.15) is 0 Å². The van der Waals surface area contributed by atoms with Crippen molar-refractivity contribution in [3.8, 4) is 67.1 Å². The molecule has 2 aliphatic heterocycles. The van der Waals surface area contributed by atoms with Crippen LogP contribution in [0.1, 0.15) is 233 Å². The summed E-state index contributed by atoms with van der Waals surface area (Å²) in [5, 5.41) is 0. The van der Waals surface area contributed by atoms with E-state index in [-0.39, 0.29) is 56.0 Å². The van der Waals surface area contributed by atoms with E-state index in [2.05, 4.69) is 336 Å². The summed E-state index contributed by atoms with van der Waals surface area (Å²) in [4.78, 5) is 0. The number of benzene rings is 9. The normalized spacial score (nSPS) is 14.7. The summed E-state index contributed by atoms with van der Waals surface area (Å²) in [6.45, 7) is 56.5. The topological polar surface area (TPSA) is 9.23 Å². The molecule has 0 saturated heterocycles. The number of fused-ring (bicyclic) bond motifs is 4. The fourth-order valence-electron chi connectivity index (χ4n) is 13.5. The third kappa shape index (κ3) is 12.5. The zero-order valence-corrected chi connectivity index (χ0v) is 58.7. The lowest BCUT2D eigenvalue weighted by Crippen LogP contribution is -2.60. The lowest BCUT2D eigenvalue weighted by Gasteiger charge is -2.40. The minimum absolute atomic E-state index is 0.0393. The van der Waals surface area contributed by atoms with Crippen LogP contribution < -0.4 is 21.1 Å². The van der Waals surface area contributed by atoms with Gasteiger partial charge in [-0.05, 0) is 183 Å². The second-order valence-corrected chi connectivity index (χ2v) is 34.9. The van der Waals surface area contributed by atoms with E-state index in [1.165, 1.54) is 128 Å². The van der Waals surface area contributed by atoms with Gasteiger partial charge in [0.25, 0.3) is 6.71 Å². The van der Waals surface area contributed by atoms with Crippen molar-refractivity contribution >= 4 is 23.1 Å². The summed E-state index contributed by atoms with van der Waals surface area (Å²) >= 11 is 0. The molecule has 0 aromatic heterocycles. The van der Waals surface area contributed by atoms with Gasteiger partial charge in [0.1, 0.15) is 11.5 Å². The molecule has 2 aliphatic rings. The minimum Gasteiger partial charge on any atom is -0.458 e. The van der Waals surface area contributed by atoms with Crippen molar-refractivity contribution in [2.45, 2.75) is 215 Å². The summed E-state index contributed by atoms with van der Waals surface area (Å²) in [5.74, 6) is 1.62. The standard InChI is InChI=1S/C87H101BO/c1-80(2,3)61-37-56(38-62(49-61)81(4,5)6)54-33-35-71-73(46-54)88-74-47-55(57-39-63(82(7,8)9)50-64(40-57)83(10,11)12)34-36-75(74)89-76-48-58(53-29-26-25-27-30-53)45-72(79(76)88)78(71)77-69(59-41-65(84(13,14)15)51-66(42-59)85(16,17)18)31-28-32-70(77)60-43-67(86(19,20)21)52-68(44-60)87(22,23)24/h25-52,78H,1-24H3. The first-order valence-corrected chi connectivity index (χ1v) is 33.1. The summed E-state index contributed by atoms with van der Waals surface area (Å²) in [6, 6.07) is 67.6. The highest BCUT2D eigenvalue weighted by Crippen LogP contribution is 2.50. The minimum atomic E-state index is -0.219. The fraction of sp³-hybridized carbons (Fsp3) is 0.379. The van der Waals surface area contributed by atoms with E-state index in [0.717, 1.165) is 17.1 Å². The van der Waals surface area contributed by atoms with Crippen LogP contribution in [-0.2, 0) is 43.3 Å². The van der Waals surface area contributed by atoms with Crippen molar-refractivity contribution in [1.29, 1.82) is 0 Å². The van der Waals surface area contributed by atoms with Crippen molar-refractivity contribution in [2.24, 2.45) is 0 Å². The molecule has 0 saturated carbocycles. The largest absolute Gasteiger partial charge is 0.458 e. The molecule has 0 fully saturated rings. The molecule has 1 unspecified atom stereocenters. The third-order valence-corrected chi connectivity index (χ3v) is 19.5. The quantitative estimate of drug-likeness (QED) is 0.151. The Hall–Kier alpha value is -7.16. The van der Waals surface area contributed by atoms with E-state index in [4.69, 9.17) is 4.74 Å². The van der Waals surface area contributed by atoms with Crippen LogP contribution in [0.15, 0.2) is 170 Å². The molecule has 0 N–H and O–H groups in total. The Morgan fingerprint density at radius 1 is 0.258 bits per heavy atom. The molecule has 9 aromatic rings. The van der Waals surface area contributed by atoms with Gasteiger partial charge in [0.15, 0.2) is 0 Å². The summed E-state index contributed by atoms with van der Waals surface area (Å²) in [7, 11) is 0. The van der Waals surface area contributed by atoms with Gasteiger partial charge in [0, 0.05) is 5.92 Å². The van der Waals surface area contributed by atoms with E-state index >= 15 is 0 Å². The molecule has 2 heterocycles. The van der Waals surface area contributed by atoms with Crippen LogP contribution in [0.25, 0.3) is 55.6 Å². The van der Waals surface area contributed by atoms with Gasteiger partial charge in [0.2, 0.25) is 0 Å². The third-order valence-electron chi connectivity index (χ3n) is 19.5. The van der Waals surface area contributed by atoms with Gasteiger partial charge in [-0.25, -0.2) is 0 Å². The molecule has 0 spiro atoms. The van der Waals surface area contributed by atoms with E-state index in [9.17, 15) is 0 Å². The maximum absolute atomic E-state index is 7.60. The highest BCUT2D eigenvalue weighted by atomic mass is 16.5. The van der Waals surface area contributed by atoms with Gasteiger partial charge >= 0.3 is 0 Å². The highest BCUT2D eigenvalue weighted by molar-refractivity contribution is 6.98. The maximum Gasteiger partial charge on any atom is 0.251 e. The zero-order chi connectivity index (χ0) is 64.7. The van der Waals surface area contributed by atoms with E-state index in [1.54, 1.807) is 0 Å². The van der Waals surface area contributed by atoms with Crippen molar-refractivity contribution in [1.82, 2.24) is 0 Å². The van der Waals surface area contributed by atoms with Crippen LogP contribution >= 0.6 is 0 Å². The zero-order valence-electron chi connectivity index (χ0n) is 58.7. The Kier molecular flexibility index (Phi) is 15.5. The van der Waals surface area contributed by atoms with Crippen LogP contribution in [-0.4, -0.2) is 6.71 Å². The van der Waals surface area contributed by atoms with Crippen molar-refractivity contribution < 1.29 is 4.74 Å². The average molecular weight is 1170 g/mol. The number of hydrogen-bond donors (Lipinski definition) is 0. The number of rotatable bonds is 6. The molecule has 9 aromatic carbocycles. The van der Waals surface area contributed by atoms with Gasteiger partial charge in [-0.15, -0.1) is 0 Å². The predicted octanol–water partition coefficient (Wildman–Crippen LogP) is 22.5. The second kappa shape index (κ2) is 21.8. The van der Waals surface area contributed by atoms with Crippen molar-refractivity contribution in [3.05, 3.63) is 231 Å². The first-order valence-electron chi connectivity index (χ1n) is 33.1. The smallest absolute Gasteiger partial charge is 0.251 e. The summed E-state index contributed by atoms with van der Waals surface area (Å²) < 4.78 is 7.60. The summed E-state index contributed by atoms with van der Waals surface area (Å²) in [6.07, 6.45) is 0. The highest BCUT2D eigenvalue weighted by Gasteiger charge is 2.45. The molecule has 89 heavy (non-hydrogen) atoms. The maximum atomic E-state index is 7.60. The van der Waals surface area contributed by atoms with E-state index in [0.29, 0.717) is 0 Å². The second-order valence-electron chi connectivity index (χ2n) is 34.9. The SMILES string of the molecule is CC(C)(C)c1cc(-c2ccc3c(c2)B2c4cc(-c5cc(C(C)(C)C)cc(C(C)(C)C)c5)ccc4C(c4c(-c5cc(C(C)(C)C)cc(C(C)(C)C)c5)cccc4-c4cc(C(C)(C)C)cc(C(C)(C)C)c4)c4cc(-c5ccccc5)cc(c42)O3)cc(C(C)(C)C)c1. The molecule has 458 valence electrons. The molecule has 0 bridgehead atoms. The molecule has 11 rings (SSSR count). The van der Waals surface area contributed by atoms with Crippen LogP contribution in [0, 0.1) is 0 Å². The van der Waals surface area contributed by atoms with E-state index in [1.807, 2.05) is 0 Å². The predicted molar refractivity (Wildman–Crippen MR) is 388 cm³/mol. The van der Waals surface area contributed by atoms with E-state index < -0.39 is 0 Å². The molecule has 2 heteroatoms. The Labute approximate surface area is 538 Å². The fourth-order valence-corrected chi connectivity index (χ4v) is 13.5. The van der Waals surface area contributed by atoms with Gasteiger partial charge in [0.05, 0.1) is 0 Å². The van der Waals surface area contributed by atoms with Crippen molar-refractivity contribution in [3.63, 3.8) is 0 Å². The van der Waals surface area contributed by atoms with Gasteiger partial charge in [-0.1, -0.05) is 329 Å². The number of ether oxygens (including phenoxy) is 1. The van der Waals surface area contributed by atoms with Crippen LogP contribution in [0.3, 0.4) is 0 Å². The monoisotopic (exact) mass is 1170 g/mol. The van der Waals surface area contributed by atoms with Crippen LogP contribution in [0.4, 0.5) is 0 Å². The molecule has 0 amide bonds. The van der Waals surface area contributed by atoms with Gasteiger partial charge < -0.3 is 4.74 Å². The number of hydrogen-bond acceptors (Lipinski definition) is 1. The Bertz CT molecular complexity index is 4000. The molecule has 0 aliphatic carbocycles. The summed E-state index contributed by atoms with van der Waals surface area (Å²) in [5.41, 5.74) is 30.2. The van der Waals surface area contributed by atoms with Crippen LogP contribution in [0.5, 0.6) is 11.5 Å².